The molecule has 0 aliphatic carbocycles. The van der Waals surface area contributed by atoms with Crippen LogP contribution in [0.1, 0.15) is 5.82 Å². The molecule has 1 heterocycles. The maximum Gasteiger partial charge on any atom is 0.125 e. The molecule has 0 saturated heterocycles. The van der Waals surface area contributed by atoms with Crippen LogP contribution in [0.2, 0.25) is 0 Å². The minimum Gasteiger partial charge on any atom is -0.242 e. The summed E-state index contributed by atoms with van der Waals surface area (Å²) in [4.78, 5) is 7.74. The summed E-state index contributed by atoms with van der Waals surface area (Å²) in [5.74, 6) is 0.822. The molecule has 0 fully saturated rings. The molecule has 0 saturated carbocycles. The van der Waals surface area contributed by atoms with Crippen molar-refractivity contribution in [2.45, 2.75) is 6.92 Å². The van der Waals surface area contributed by atoms with E-state index < -0.39 is 0 Å². The number of rotatable bonds is 0. The van der Waals surface area contributed by atoms with E-state index in [1.165, 1.54) is 0 Å². The van der Waals surface area contributed by atoms with Crippen LogP contribution >= 0.6 is 0 Å². The maximum atomic E-state index is 3.87. The number of hydrogen-bond donors (Lipinski definition) is 0. The zero-order chi connectivity index (χ0) is 5.11. The van der Waals surface area contributed by atoms with Crippen LogP contribution in [0.3, 0.4) is 0 Å². The second-order valence-electron chi connectivity index (χ2n) is 1.30. The summed E-state index contributed by atoms with van der Waals surface area (Å²) in [6.07, 6.45) is 3.45. The first-order valence-electron chi connectivity index (χ1n) is 2.13. The molecule has 0 N–H and O–H groups in total. The number of aryl methyl sites for hydroxylation is 1. The molecule has 0 aliphatic heterocycles. The van der Waals surface area contributed by atoms with Crippen molar-refractivity contribution >= 4 is 0 Å². The fraction of sp³-hybridized carbons (Fsp3) is 0.200. The molecule has 0 atom stereocenters. The molecule has 0 aliphatic rings. The zero-order valence-electron chi connectivity index (χ0n) is 4.44. The van der Waals surface area contributed by atoms with Crippen LogP contribution in [-0.2, 0) is 21.1 Å². The van der Waals surface area contributed by atoms with Crippen molar-refractivity contribution in [3.63, 3.8) is 0 Å². The van der Waals surface area contributed by atoms with Crippen LogP contribution in [0.4, 0.5) is 0 Å². The standard InChI is InChI=1S/C5H6N2.Pt/c1-5-6-3-2-4-7-5;/h2-4H,1H3;. The van der Waals surface area contributed by atoms with E-state index in [4.69, 9.17) is 0 Å². The molecule has 46 valence electrons. The Bertz CT molecular complexity index is 140. The maximum absolute atomic E-state index is 3.87. The minimum atomic E-state index is 0. The molecule has 8 heavy (non-hydrogen) atoms. The van der Waals surface area contributed by atoms with Gasteiger partial charge in [0.25, 0.3) is 0 Å². The molecule has 0 bridgehead atoms. The Hall–Kier alpha value is -0.232. The molecule has 0 aromatic carbocycles. The van der Waals surface area contributed by atoms with Crippen molar-refractivity contribution in [1.82, 2.24) is 9.97 Å². The van der Waals surface area contributed by atoms with Crippen LogP contribution in [-0.4, -0.2) is 9.97 Å². The van der Waals surface area contributed by atoms with Gasteiger partial charge in [-0.25, -0.2) is 9.97 Å². The van der Waals surface area contributed by atoms with Crippen molar-refractivity contribution in [2.75, 3.05) is 0 Å². The van der Waals surface area contributed by atoms with Crippen LogP contribution in [0, 0.1) is 6.92 Å². The van der Waals surface area contributed by atoms with Gasteiger partial charge < -0.3 is 0 Å². The van der Waals surface area contributed by atoms with Crippen molar-refractivity contribution in [3.8, 4) is 0 Å². The SMILES string of the molecule is Cc1ncccn1.[Pt]. The van der Waals surface area contributed by atoms with Gasteiger partial charge in [-0.15, -0.1) is 0 Å². The van der Waals surface area contributed by atoms with E-state index in [1.54, 1.807) is 18.5 Å². The summed E-state index contributed by atoms with van der Waals surface area (Å²) in [5, 5.41) is 0. The summed E-state index contributed by atoms with van der Waals surface area (Å²) >= 11 is 0. The third-order valence-electron chi connectivity index (χ3n) is 0.695. The second kappa shape index (κ2) is 3.73. The van der Waals surface area contributed by atoms with Crippen molar-refractivity contribution < 1.29 is 21.1 Å². The van der Waals surface area contributed by atoms with Crippen LogP contribution < -0.4 is 0 Å². The van der Waals surface area contributed by atoms with E-state index in [0.717, 1.165) is 5.82 Å². The monoisotopic (exact) mass is 289 g/mol. The predicted octanol–water partition coefficient (Wildman–Crippen LogP) is 0.783. The van der Waals surface area contributed by atoms with Crippen molar-refractivity contribution in [3.05, 3.63) is 24.3 Å². The number of aromatic nitrogens is 2. The van der Waals surface area contributed by atoms with Crippen LogP contribution in [0.25, 0.3) is 0 Å². The van der Waals surface area contributed by atoms with Gasteiger partial charge in [0, 0.05) is 33.5 Å². The second-order valence-corrected chi connectivity index (χ2v) is 1.30. The molecule has 0 radical (unpaired) electrons. The molecular weight excluding hydrogens is 283 g/mol. The Morgan fingerprint density at radius 3 is 2.00 bits per heavy atom. The Kier molecular flexibility index (Phi) is 3.62. The molecular formula is C5H6N2Pt. The van der Waals surface area contributed by atoms with Gasteiger partial charge in [-0.1, -0.05) is 0 Å². The van der Waals surface area contributed by atoms with E-state index in [9.17, 15) is 0 Å². The van der Waals surface area contributed by atoms with Crippen LogP contribution in [0.15, 0.2) is 18.5 Å². The van der Waals surface area contributed by atoms with Gasteiger partial charge in [0.2, 0.25) is 0 Å². The number of hydrogen-bond acceptors (Lipinski definition) is 2. The molecule has 1 aromatic rings. The third kappa shape index (κ3) is 2.17. The van der Waals surface area contributed by atoms with Gasteiger partial charge in [-0.3, -0.25) is 0 Å². The number of nitrogens with zero attached hydrogens (tertiary/aromatic N) is 2. The van der Waals surface area contributed by atoms with E-state index in [0.29, 0.717) is 0 Å². The molecule has 0 unspecified atom stereocenters. The van der Waals surface area contributed by atoms with Gasteiger partial charge in [-0.05, 0) is 13.0 Å². The molecule has 1 aromatic heterocycles. The Balaban J connectivity index is 0.000000490. The third-order valence-corrected chi connectivity index (χ3v) is 0.695. The van der Waals surface area contributed by atoms with Gasteiger partial charge in [0.05, 0.1) is 0 Å². The minimum absolute atomic E-state index is 0. The average molecular weight is 289 g/mol. The fourth-order valence-electron chi connectivity index (χ4n) is 0.374. The molecule has 1 rings (SSSR count). The van der Waals surface area contributed by atoms with Gasteiger partial charge in [0.15, 0.2) is 0 Å². The topological polar surface area (TPSA) is 25.8 Å². The van der Waals surface area contributed by atoms with E-state index in [-0.39, 0.29) is 21.1 Å². The zero-order valence-corrected chi connectivity index (χ0v) is 6.71. The van der Waals surface area contributed by atoms with Gasteiger partial charge in [-0.2, -0.15) is 0 Å². The summed E-state index contributed by atoms with van der Waals surface area (Å²) < 4.78 is 0. The van der Waals surface area contributed by atoms with Crippen LogP contribution in [0.5, 0.6) is 0 Å². The smallest absolute Gasteiger partial charge is 0.125 e. The molecule has 0 spiro atoms. The Labute approximate surface area is 62.6 Å². The van der Waals surface area contributed by atoms with E-state index in [2.05, 4.69) is 9.97 Å². The molecule has 0 amide bonds. The van der Waals surface area contributed by atoms with Gasteiger partial charge >= 0.3 is 0 Å². The summed E-state index contributed by atoms with van der Waals surface area (Å²) in [6.45, 7) is 1.86. The predicted molar refractivity (Wildman–Crippen MR) is 26.8 cm³/mol. The quantitative estimate of drug-likeness (QED) is 0.705. The normalized spacial score (nSPS) is 7.62. The molecule has 2 nitrogen and oxygen atoms in total. The Morgan fingerprint density at radius 1 is 1.25 bits per heavy atom. The average Bonchev–Trinajstić information content (AvgIpc) is 1.69. The first-order chi connectivity index (χ1) is 3.39. The fourth-order valence-corrected chi connectivity index (χ4v) is 0.374. The summed E-state index contributed by atoms with van der Waals surface area (Å²) in [7, 11) is 0. The summed E-state index contributed by atoms with van der Waals surface area (Å²) in [6, 6.07) is 1.80. The summed E-state index contributed by atoms with van der Waals surface area (Å²) in [5.41, 5.74) is 0. The molecule has 3 heteroatoms. The van der Waals surface area contributed by atoms with Crippen molar-refractivity contribution in [1.29, 1.82) is 0 Å². The van der Waals surface area contributed by atoms with Gasteiger partial charge in [0.1, 0.15) is 5.82 Å². The van der Waals surface area contributed by atoms with Crippen molar-refractivity contribution in [2.24, 2.45) is 0 Å². The van der Waals surface area contributed by atoms with E-state index >= 15 is 0 Å². The van der Waals surface area contributed by atoms with E-state index in [1.807, 2.05) is 6.92 Å². The first-order valence-corrected chi connectivity index (χ1v) is 2.13. The first kappa shape index (κ1) is 7.77. The Morgan fingerprint density at radius 2 is 1.75 bits per heavy atom. The largest absolute Gasteiger partial charge is 0.242 e.